The Balaban J connectivity index is 1.58. The van der Waals surface area contributed by atoms with Crippen LogP contribution in [0.25, 0.3) is 0 Å². The lowest BCUT2D eigenvalue weighted by Gasteiger charge is -2.37. The predicted octanol–water partition coefficient (Wildman–Crippen LogP) is 2.24. The molecule has 1 saturated heterocycles. The minimum Gasteiger partial charge on any atom is -0.383 e. The van der Waals surface area contributed by atoms with E-state index in [1.807, 2.05) is 19.2 Å². The maximum absolute atomic E-state index is 12.7. The summed E-state index contributed by atoms with van der Waals surface area (Å²) < 4.78 is 1.57. The number of nitrogens with zero attached hydrogens (tertiary/aromatic N) is 5. The molecule has 0 unspecified atom stereocenters. The highest BCUT2D eigenvalue weighted by Crippen LogP contribution is 2.28. The first-order chi connectivity index (χ1) is 14.1. The van der Waals surface area contributed by atoms with Gasteiger partial charge in [-0.2, -0.15) is 0 Å². The Morgan fingerprint density at radius 2 is 2.10 bits per heavy atom. The van der Waals surface area contributed by atoms with E-state index in [1.54, 1.807) is 15.8 Å². The Morgan fingerprint density at radius 3 is 2.67 bits per heavy atom. The van der Waals surface area contributed by atoms with E-state index in [4.69, 9.17) is 11.1 Å². The Labute approximate surface area is 177 Å². The van der Waals surface area contributed by atoms with Crippen LogP contribution in [0, 0.1) is 10.8 Å². The molecule has 0 atom stereocenters. The lowest BCUT2D eigenvalue weighted by atomic mass is 9.92. The first kappa shape index (κ1) is 21.5. The monoisotopic (exact) mass is 411 g/mol. The number of piperidine rings is 1. The molecule has 4 N–H and O–H groups in total. The van der Waals surface area contributed by atoms with Crippen LogP contribution in [0.2, 0.25) is 0 Å². The molecular weight excluding hydrogens is 380 g/mol. The Kier molecular flexibility index (Phi) is 5.91. The van der Waals surface area contributed by atoms with Gasteiger partial charge < -0.3 is 20.9 Å². The first-order valence-corrected chi connectivity index (χ1v) is 10.1. The Hall–Kier alpha value is -3.23. The van der Waals surface area contributed by atoms with Gasteiger partial charge in [0.2, 0.25) is 11.5 Å². The number of carbonyl (C=O) groups is 1. The Bertz CT molecular complexity index is 919. The third-order valence-corrected chi connectivity index (χ3v) is 5.57. The molecule has 0 saturated carbocycles. The lowest BCUT2D eigenvalue weighted by molar-refractivity contribution is -0.481. The molecular formula is C21H31N8O+. The smallest absolute Gasteiger partial charge is 0.323 e. The maximum atomic E-state index is 12.7. The van der Waals surface area contributed by atoms with E-state index in [0.29, 0.717) is 17.2 Å². The van der Waals surface area contributed by atoms with Crippen LogP contribution in [-0.4, -0.2) is 65.5 Å². The number of hydrogen-bond acceptors (Lipinski definition) is 6. The highest BCUT2D eigenvalue weighted by Gasteiger charge is 2.34. The summed E-state index contributed by atoms with van der Waals surface area (Å²) >= 11 is 0. The van der Waals surface area contributed by atoms with Crippen molar-refractivity contribution in [3.05, 3.63) is 29.6 Å². The molecule has 30 heavy (non-hydrogen) atoms. The number of allylic oxidation sites excluding steroid dienone is 1. The number of rotatable bonds is 3. The van der Waals surface area contributed by atoms with Crippen molar-refractivity contribution in [1.29, 1.82) is 5.41 Å². The lowest BCUT2D eigenvalue weighted by Crippen LogP contribution is -2.49. The largest absolute Gasteiger partial charge is 0.383 e. The first-order valence-electron chi connectivity index (χ1n) is 10.1. The minimum atomic E-state index is -0.174. The molecule has 0 aromatic carbocycles. The second-order valence-electron chi connectivity index (χ2n) is 8.74. The number of hydrazone groups is 1. The van der Waals surface area contributed by atoms with Gasteiger partial charge in [-0.1, -0.05) is 25.5 Å². The molecule has 1 fully saturated rings. The quantitative estimate of drug-likeness (QED) is 0.523. The van der Waals surface area contributed by atoms with Crippen LogP contribution in [0.1, 0.15) is 39.2 Å². The molecule has 160 valence electrons. The van der Waals surface area contributed by atoms with E-state index in [1.165, 1.54) is 6.21 Å². The summed E-state index contributed by atoms with van der Waals surface area (Å²) in [6, 6.07) is 1.84. The summed E-state index contributed by atoms with van der Waals surface area (Å²) in [5.74, 6) is 0.871. The Morgan fingerprint density at radius 1 is 1.43 bits per heavy atom. The van der Waals surface area contributed by atoms with Crippen LogP contribution in [-0.2, 0) is 0 Å². The summed E-state index contributed by atoms with van der Waals surface area (Å²) in [5.41, 5.74) is 8.19. The number of amidine groups is 1. The van der Waals surface area contributed by atoms with Gasteiger partial charge in [-0.25, -0.2) is 9.78 Å². The molecule has 9 nitrogen and oxygen atoms in total. The van der Waals surface area contributed by atoms with E-state index < -0.39 is 0 Å². The number of nitrogens with two attached hydrogens (primary N) is 1. The van der Waals surface area contributed by atoms with E-state index in [0.717, 1.165) is 37.3 Å². The fraction of sp³-hybridized carbons (Fsp3) is 0.476. The molecule has 2 amide bonds. The van der Waals surface area contributed by atoms with Crippen LogP contribution in [0.15, 0.2) is 29.1 Å². The van der Waals surface area contributed by atoms with Gasteiger partial charge in [-0.05, 0) is 18.9 Å². The highest BCUT2D eigenvalue weighted by atomic mass is 16.2. The molecule has 0 spiro atoms. The van der Waals surface area contributed by atoms with Crippen molar-refractivity contribution in [1.82, 2.24) is 15.2 Å². The number of hydrogen-bond donors (Lipinski definition) is 3. The zero-order chi connectivity index (χ0) is 22.1. The molecule has 3 rings (SSSR count). The number of anilines is 2. The van der Waals surface area contributed by atoms with E-state index in [2.05, 4.69) is 47.8 Å². The summed E-state index contributed by atoms with van der Waals surface area (Å²) in [6.07, 6.45) is 6.50. The number of nitrogens with one attached hydrogen (secondary N) is 2. The predicted molar refractivity (Wildman–Crippen MR) is 120 cm³/mol. The molecule has 2 aliphatic heterocycles. The zero-order valence-corrected chi connectivity index (χ0v) is 18.1. The normalized spacial score (nSPS) is 17.5. The molecule has 0 bridgehead atoms. The average molecular weight is 412 g/mol. The van der Waals surface area contributed by atoms with E-state index in [-0.39, 0.29) is 17.5 Å². The molecule has 0 aliphatic carbocycles. The fourth-order valence-corrected chi connectivity index (χ4v) is 3.73. The van der Waals surface area contributed by atoms with Gasteiger partial charge >= 0.3 is 6.03 Å². The number of urea groups is 1. The van der Waals surface area contributed by atoms with E-state index >= 15 is 0 Å². The van der Waals surface area contributed by atoms with Crippen molar-refractivity contribution in [3.63, 3.8) is 0 Å². The minimum absolute atomic E-state index is 0.106. The van der Waals surface area contributed by atoms with Crippen molar-refractivity contribution in [3.8, 4) is 0 Å². The third-order valence-electron chi connectivity index (χ3n) is 5.57. The average Bonchev–Trinajstić information content (AvgIpc) is 3.08. The topological polar surface area (TPSA) is 114 Å². The van der Waals surface area contributed by atoms with Crippen molar-refractivity contribution >= 4 is 36.3 Å². The number of amides is 2. The molecule has 9 heteroatoms. The van der Waals surface area contributed by atoms with Crippen LogP contribution in [0.5, 0.6) is 0 Å². The van der Waals surface area contributed by atoms with Crippen molar-refractivity contribution in [2.75, 3.05) is 30.8 Å². The van der Waals surface area contributed by atoms with Crippen molar-refractivity contribution in [2.45, 2.75) is 39.7 Å². The zero-order valence-electron chi connectivity index (χ0n) is 18.1. The van der Waals surface area contributed by atoms with Crippen LogP contribution < -0.4 is 16.0 Å². The summed E-state index contributed by atoms with van der Waals surface area (Å²) in [4.78, 5) is 20.9. The number of aromatic nitrogens is 1. The second kappa shape index (κ2) is 8.25. The third kappa shape index (κ3) is 4.50. The molecule has 1 aromatic rings. The SMILES string of the molecule is C=[N+]1N=C(NC(=O)N(C)C2CCN(c3cnc(N)c(C=N)c3)CC2)C=C1C(C)(C)C. The number of carbonyl (C=O) groups excluding carboxylic acids is 1. The van der Waals surface area contributed by atoms with Crippen molar-refractivity contribution in [2.24, 2.45) is 10.5 Å². The van der Waals surface area contributed by atoms with Crippen LogP contribution in [0.3, 0.4) is 0 Å². The van der Waals surface area contributed by atoms with Gasteiger partial charge in [0.05, 0.1) is 18.0 Å². The van der Waals surface area contributed by atoms with Crippen LogP contribution >= 0.6 is 0 Å². The second-order valence-corrected chi connectivity index (χ2v) is 8.74. The summed E-state index contributed by atoms with van der Waals surface area (Å²) in [5, 5.41) is 14.7. The highest BCUT2D eigenvalue weighted by molar-refractivity contribution is 6.04. The van der Waals surface area contributed by atoms with Gasteiger partial charge in [-0.3, -0.25) is 5.32 Å². The number of nitrogen functional groups attached to an aromatic ring is 1. The molecule has 3 heterocycles. The van der Waals surface area contributed by atoms with Gasteiger partial charge in [0, 0.05) is 48.5 Å². The maximum Gasteiger partial charge on any atom is 0.323 e. The summed E-state index contributed by atoms with van der Waals surface area (Å²) in [7, 11) is 1.82. The van der Waals surface area contributed by atoms with Gasteiger partial charge in [0.15, 0.2) is 6.72 Å². The summed E-state index contributed by atoms with van der Waals surface area (Å²) in [6.45, 7) is 11.8. The molecule has 2 aliphatic rings. The van der Waals surface area contributed by atoms with Gasteiger partial charge in [0.1, 0.15) is 5.82 Å². The van der Waals surface area contributed by atoms with E-state index in [9.17, 15) is 4.79 Å². The van der Waals surface area contributed by atoms with Crippen LogP contribution in [0.4, 0.5) is 16.3 Å². The standard InChI is InChI=1S/C21H30N8O/c1-21(2,3)17-11-18(26-28(17)5)25-20(30)27(4)15-6-8-29(9-7-15)16-10-14(12-22)19(23)24-13-16/h10-13,15H,5-9H2,1-4H3,(H3-,22,23,24,25,26,30)/p+1. The van der Waals surface area contributed by atoms with Gasteiger partial charge in [-0.15, -0.1) is 0 Å². The molecule has 0 radical (unpaired) electrons. The molecule has 1 aromatic heterocycles. The van der Waals surface area contributed by atoms with Gasteiger partial charge in [0.25, 0.3) is 0 Å². The van der Waals surface area contributed by atoms with Crippen molar-refractivity contribution < 1.29 is 9.48 Å². The number of pyridine rings is 1. The fourth-order valence-electron chi connectivity index (χ4n) is 3.73.